The molecule has 0 fully saturated rings. The number of aryl methyl sites for hydroxylation is 1. The molecule has 0 saturated carbocycles. The Morgan fingerprint density at radius 3 is 2.87 bits per heavy atom. The fourth-order valence-electron chi connectivity index (χ4n) is 2.47. The van der Waals surface area contributed by atoms with E-state index in [1.54, 1.807) is 7.11 Å². The third-order valence-electron chi connectivity index (χ3n) is 3.57. The van der Waals surface area contributed by atoms with Gasteiger partial charge in [0.05, 0.1) is 12.6 Å². The number of ether oxygens (including phenoxy) is 1. The standard InChI is InChI=1S/C17H18ClN3O2/c1-23-14-6-7-16-15(11-14)17(20-21(16)8-3-9-22)19-13-5-2-4-12(18)10-13/h2,4-7,10-11,22H,3,8-9H2,1H3,(H,19,20). The van der Waals surface area contributed by atoms with Crippen LogP contribution in [0.3, 0.4) is 0 Å². The zero-order chi connectivity index (χ0) is 16.2. The smallest absolute Gasteiger partial charge is 0.160 e. The predicted molar refractivity (Wildman–Crippen MR) is 92.7 cm³/mol. The number of aliphatic hydroxyl groups excluding tert-OH is 1. The summed E-state index contributed by atoms with van der Waals surface area (Å²) in [5.74, 6) is 1.51. The van der Waals surface area contributed by atoms with Gasteiger partial charge >= 0.3 is 0 Å². The Morgan fingerprint density at radius 1 is 1.26 bits per heavy atom. The van der Waals surface area contributed by atoms with Crippen molar-refractivity contribution in [3.63, 3.8) is 0 Å². The second-order valence-corrected chi connectivity index (χ2v) is 5.60. The van der Waals surface area contributed by atoms with Gasteiger partial charge in [-0.05, 0) is 42.8 Å². The van der Waals surface area contributed by atoms with Crippen LogP contribution in [0.15, 0.2) is 42.5 Å². The van der Waals surface area contributed by atoms with Gasteiger partial charge in [-0.2, -0.15) is 5.10 Å². The lowest BCUT2D eigenvalue weighted by atomic mass is 10.2. The summed E-state index contributed by atoms with van der Waals surface area (Å²) in [5, 5.41) is 18.6. The number of aliphatic hydroxyl groups is 1. The Kier molecular flexibility index (Phi) is 4.69. The Bertz CT molecular complexity index is 817. The molecule has 1 heterocycles. The molecular weight excluding hydrogens is 314 g/mol. The molecule has 3 rings (SSSR count). The quantitative estimate of drug-likeness (QED) is 0.721. The third-order valence-corrected chi connectivity index (χ3v) is 3.81. The number of fused-ring (bicyclic) bond motifs is 1. The van der Waals surface area contributed by atoms with Crippen molar-refractivity contribution in [3.8, 4) is 5.75 Å². The van der Waals surface area contributed by atoms with E-state index in [0.717, 1.165) is 28.2 Å². The summed E-state index contributed by atoms with van der Waals surface area (Å²) < 4.78 is 7.20. The highest BCUT2D eigenvalue weighted by Gasteiger charge is 2.12. The minimum atomic E-state index is 0.133. The van der Waals surface area contributed by atoms with Gasteiger partial charge in [-0.1, -0.05) is 17.7 Å². The number of nitrogens with zero attached hydrogens (tertiary/aromatic N) is 2. The number of nitrogens with one attached hydrogen (secondary N) is 1. The first-order valence-corrected chi connectivity index (χ1v) is 7.77. The second kappa shape index (κ2) is 6.89. The third kappa shape index (κ3) is 3.41. The number of halogens is 1. The lowest BCUT2D eigenvalue weighted by molar-refractivity contribution is 0.278. The molecule has 0 saturated heterocycles. The minimum Gasteiger partial charge on any atom is -0.497 e. The van der Waals surface area contributed by atoms with Gasteiger partial charge in [0.2, 0.25) is 0 Å². The van der Waals surface area contributed by atoms with Gasteiger partial charge < -0.3 is 15.2 Å². The van der Waals surface area contributed by atoms with Gasteiger partial charge in [0.15, 0.2) is 5.82 Å². The van der Waals surface area contributed by atoms with Gasteiger partial charge in [-0.25, -0.2) is 0 Å². The van der Waals surface area contributed by atoms with E-state index in [2.05, 4.69) is 10.4 Å². The monoisotopic (exact) mass is 331 g/mol. The average molecular weight is 332 g/mol. The van der Waals surface area contributed by atoms with Crippen LogP contribution in [0.25, 0.3) is 10.9 Å². The van der Waals surface area contributed by atoms with Gasteiger partial charge in [0, 0.05) is 29.2 Å². The van der Waals surface area contributed by atoms with Gasteiger partial charge in [-0.15, -0.1) is 0 Å². The maximum absolute atomic E-state index is 9.06. The molecule has 0 aliphatic carbocycles. The molecule has 0 aliphatic heterocycles. The van der Waals surface area contributed by atoms with Crippen LogP contribution in [-0.2, 0) is 6.54 Å². The first kappa shape index (κ1) is 15.6. The predicted octanol–water partition coefficient (Wildman–Crippen LogP) is 3.82. The van der Waals surface area contributed by atoms with Gasteiger partial charge in [-0.3, -0.25) is 4.68 Å². The van der Waals surface area contributed by atoms with E-state index in [1.165, 1.54) is 0 Å². The largest absolute Gasteiger partial charge is 0.497 e. The highest BCUT2D eigenvalue weighted by molar-refractivity contribution is 6.30. The number of aromatic nitrogens is 2. The molecule has 6 heteroatoms. The van der Waals surface area contributed by atoms with E-state index in [9.17, 15) is 0 Å². The zero-order valence-corrected chi connectivity index (χ0v) is 13.5. The summed E-state index contributed by atoms with van der Waals surface area (Å²) >= 11 is 6.04. The topological polar surface area (TPSA) is 59.3 Å². The maximum Gasteiger partial charge on any atom is 0.160 e. The molecule has 2 aromatic carbocycles. The van der Waals surface area contributed by atoms with E-state index in [0.29, 0.717) is 18.0 Å². The SMILES string of the molecule is COc1ccc2c(c1)c(Nc1cccc(Cl)c1)nn2CCCO. The fraction of sp³-hybridized carbons (Fsp3) is 0.235. The van der Waals surface area contributed by atoms with Crippen LogP contribution < -0.4 is 10.1 Å². The molecule has 1 aromatic heterocycles. The summed E-state index contributed by atoms with van der Waals surface area (Å²) in [6.45, 7) is 0.783. The van der Waals surface area contributed by atoms with Crippen molar-refractivity contribution < 1.29 is 9.84 Å². The highest BCUT2D eigenvalue weighted by Crippen LogP contribution is 2.30. The molecular formula is C17H18ClN3O2. The lowest BCUT2D eigenvalue weighted by Gasteiger charge is -2.04. The number of hydrogen-bond donors (Lipinski definition) is 2. The molecule has 0 radical (unpaired) electrons. The van der Waals surface area contributed by atoms with Gasteiger partial charge in [0.25, 0.3) is 0 Å². The molecule has 23 heavy (non-hydrogen) atoms. The van der Waals surface area contributed by atoms with Crippen molar-refractivity contribution >= 4 is 34.0 Å². The number of methoxy groups -OCH3 is 1. The number of hydrogen-bond acceptors (Lipinski definition) is 4. The molecule has 120 valence electrons. The van der Waals surface area contributed by atoms with Crippen LogP contribution in [-0.4, -0.2) is 28.6 Å². The van der Waals surface area contributed by atoms with E-state index < -0.39 is 0 Å². The van der Waals surface area contributed by atoms with Crippen LogP contribution in [0.1, 0.15) is 6.42 Å². The fourth-order valence-corrected chi connectivity index (χ4v) is 2.66. The minimum absolute atomic E-state index is 0.133. The first-order chi connectivity index (χ1) is 11.2. The van der Waals surface area contributed by atoms with E-state index in [-0.39, 0.29) is 6.61 Å². The van der Waals surface area contributed by atoms with Crippen molar-refractivity contribution in [1.29, 1.82) is 0 Å². The van der Waals surface area contributed by atoms with Crippen molar-refractivity contribution in [3.05, 3.63) is 47.5 Å². The van der Waals surface area contributed by atoms with Crippen molar-refractivity contribution in [2.75, 3.05) is 19.0 Å². The zero-order valence-electron chi connectivity index (χ0n) is 12.8. The van der Waals surface area contributed by atoms with Crippen LogP contribution in [0, 0.1) is 0 Å². The Balaban J connectivity index is 2.03. The molecule has 0 aliphatic rings. The summed E-state index contributed by atoms with van der Waals surface area (Å²) in [7, 11) is 1.64. The van der Waals surface area contributed by atoms with Crippen molar-refractivity contribution in [1.82, 2.24) is 9.78 Å². The molecule has 5 nitrogen and oxygen atoms in total. The summed E-state index contributed by atoms with van der Waals surface area (Å²) in [6.07, 6.45) is 0.652. The molecule has 3 aromatic rings. The molecule has 0 bridgehead atoms. The molecule has 0 atom stereocenters. The number of anilines is 2. The van der Waals surface area contributed by atoms with Crippen LogP contribution in [0.5, 0.6) is 5.75 Å². The number of benzene rings is 2. The normalized spacial score (nSPS) is 10.9. The van der Waals surface area contributed by atoms with Crippen LogP contribution in [0.2, 0.25) is 5.02 Å². The lowest BCUT2D eigenvalue weighted by Crippen LogP contribution is -2.02. The summed E-state index contributed by atoms with van der Waals surface area (Å²) in [4.78, 5) is 0. The van der Waals surface area contributed by atoms with E-state index in [4.69, 9.17) is 21.4 Å². The number of rotatable bonds is 6. The maximum atomic E-state index is 9.06. The Morgan fingerprint density at radius 2 is 2.13 bits per heavy atom. The Hall–Kier alpha value is -2.24. The van der Waals surface area contributed by atoms with Crippen LogP contribution in [0.4, 0.5) is 11.5 Å². The van der Waals surface area contributed by atoms with Crippen LogP contribution >= 0.6 is 11.6 Å². The molecule has 2 N–H and O–H groups in total. The summed E-state index contributed by atoms with van der Waals surface area (Å²) in [5.41, 5.74) is 1.86. The van der Waals surface area contributed by atoms with Gasteiger partial charge in [0.1, 0.15) is 5.75 Å². The summed E-state index contributed by atoms with van der Waals surface area (Å²) in [6, 6.07) is 13.3. The molecule has 0 amide bonds. The van der Waals surface area contributed by atoms with Crippen molar-refractivity contribution in [2.45, 2.75) is 13.0 Å². The first-order valence-electron chi connectivity index (χ1n) is 7.39. The highest BCUT2D eigenvalue weighted by atomic mass is 35.5. The van der Waals surface area contributed by atoms with E-state index >= 15 is 0 Å². The second-order valence-electron chi connectivity index (χ2n) is 5.17. The molecule has 0 spiro atoms. The van der Waals surface area contributed by atoms with Crippen molar-refractivity contribution in [2.24, 2.45) is 0 Å². The Labute approximate surface area is 139 Å². The molecule has 0 unspecified atom stereocenters. The average Bonchev–Trinajstić information content (AvgIpc) is 2.90. The van der Waals surface area contributed by atoms with E-state index in [1.807, 2.05) is 47.1 Å².